The average molecular weight is 537 g/mol. The summed E-state index contributed by atoms with van der Waals surface area (Å²) >= 11 is 6.84. The number of rotatable bonds is 6. The van der Waals surface area contributed by atoms with Crippen LogP contribution in [0.2, 0.25) is 0 Å². The van der Waals surface area contributed by atoms with Crippen molar-refractivity contribution < 1.29 is 14.3 Å². The minimum atomic E-state index is -0.269. The fourth-order valence-electron chi connectivity index (χ4n) is 5.01. The van der Waals surface area contributed by atoms with Crippen molar-refractivity contribution in [1.82, 2.24) is 9.47 Å². The molecule has 0 N–H and O–H groups in total. The number of hydrogen-bond acceptors (Lipinski definition) is 8. The molecule has 0 bridgehead atoms. The van der Waals surface area contributed by atoms with Gasteiger partial charge in [-0.1, -0.05) is 37.0 Å². The second kappa shape index (κ2) is 10.6. The van der Waals surface area contributed by atoms with Crippen LogP contribution >= 0.6 is 24.0 Å². The molecular formula is C27H28N4O4S2. The molecule has 10 heteroatoms. The van der Waals surface area contributed by atoms with Crippen molar-refractivity contribution in [2.75, 3.05) is 24.8 Å². The Labute approximate surface area is 225 Å². The topological polar surface area (TPSA) is 87.8 Å². The van der Waals surface area contributed by atoms with E-state index in [1.807, 2.05) is 31.2 Å². The zero-order valence-corrected chi connectivity index (χ0v) is 22.5. The molecular weight excluding hydrogens is 508 g/mol. The fourth-order valence-corrected chi connectivity index (χ4v) is 6.25. The third-order valence-corrected chi connectivity index (χ3v) is 8.25. The van der Waals surface area contributed by atoms with Crippen molar-refractivity contribution in [1.29, 1.82) is 5.26 Å². The van der Waals surface area contributed by atoms with Gasteiger partial charge >= 0.3 is 0 Å². The Morgan fingerprint density at radius 2 is 1.92 bits per heavy atom. The molecule has 4 heterocycles. The first-order valence-corrected chi connectivity index (χ1v) is 13.7. The second-order valence-corrected chi connectivity index (χ2v) is 11.0. The van der Waals surface area contributed by atoms with Crippen LogP contribution in [0, 0.1) is 18.3 Å². The van der Waals surface area contributed by atoms with Crippen molar-refractivity contribution in [2.45, 2.75) is 52.6 Å². The minimum absolute atomic E-state index is 0.122. The number of carbonyl (C=O) groups excluding carboxylic acids is 1. The van der Waals surface area contributed by atoms with Gasteiger partial charge in [0.25, 0.3) is 11.5 Å². The second-order valence-electron chi connectivity index (χ2n) is 9.31. The SMILES string of the molecule is CCCn1c(N2CCCCC2)c(/C=C2/SC(=S)N(Cc3ccc4c(c3)OCO4)C2=O)c(C)c(C#N)c1=O. The Morgan fingerprint density at radius 3 is 2.65 bits per heavy atom. The monoisotopic (exact) mass is 536 g/mol. The highest BCUT2D eigenvalue weighted by Gasteiger charge is 2.34. The number of hydrogen-bond donors (Lipinski definition) is 0. The first-order chi connectivity index (χ1) is 17.9. The van der Waals surface area contributed by atoms with Crippen molar-refractivity contribution in [3.8, 4) is 17.6 Å². The Morgan fingerprint density at radius 1 is 1.16 bits per heavy atom. The number of fused-ring (bicyclic) bond motifs is 1. The maximum atomic E-state index is 13.5. The maximum Gasteiger partial charge on any atom is 0.270 e. The van der Waals surface area contributed by atoms with E-state index in [1.54, 1.807) is 16.4 Å². The number of benzene rings is 1. The molecule has 2 saturated heterocycles. The Bertz CT molecular complexity index is 1400. The Balaban J connectivity index is 1.55. The van der Waals surface area contributed by atoms with Gasteiger partial charge in [-0.15, -0.1) is 0 Å². The van der Waals surface area contributed by atoms with Gasteiger partial charge in [0, 0.05) is 25.2 Å². The van der Waals surface area contributed by atoms with Gasteiger partial charge in [-0.05, 0) is 61.9 Å². The molecule has 0 saturated carbocycles. The van der Waals surface area contributed by atoms with Crippen molar-refractivity contribution >= 4 is 46.1 Å². The van der Waals surface area contributed by atoms with Gasteiger partial charge in [0.1, 0.15) is 21.8 Å². The van der Waals surface area contributed by atoms with E-state index in [2.05, 4.69) is 11.0 Å². The molecule has 3 aliphatic heterocycles. The van der Waals surface area contributed by atoms with Crippen LogP contribution in [0.4, 0.5) is 5.82 Å². The lowest BCUT2D eigenvalue weighted by molar-refractivity contribution is -0.122. The molecule has 0 atom stereocenters. The smallest absolute Gasteiger partial charge is 0.270 e. The molecule has 2 fully saturated rings. The number of nitrogens with zero attached hydrogens (tertiary/aromatic N) is 4. The van der Waals surface area contributed by atoms with Gasteiger partial charge < -0.3 is 14.4 Å². The number of thioether (sulfide) groups is 1. The molecule has 37 heavy (non-hydrogen) atoms. The molecule has 3 aliphatic rings. The van der Waals surface area contributed by atoms with E-state index in [9.17, 15) is 14.9 Å². The lowest BCUT2D eigenvalue weighted by Gasteiger charge is -2.33. The lowest BCUT2D eigenvalue weighted by Crippen LogP contribution is -2.37. The number of amides is 1. The molecule has 8 nitrogen and oxygen atoms in total. The van der Waals surface area contributed by atoms with Crippen LogP contribution in [0.25, 0.3) is 6.08 Å². The predicted molar refractivity (Wildman–Crippen MR) is 148 cm³/mol. The molecule has 1 amide bonds. The Hall–Kier alpha value is -3.29. The Kier molecular flexibility index (Phi) is 7.26. The molecule has 1 aromatic carbocycles. The summed E-state index contributed by atoms with van der Waals surface area (Å²) in [6, 6.07) is 7.70. The van der Waals surface area contributed by atoms with E-state index in [4.69, 9.17) is 21.7 Å². The predicted octanol–water partition coefficient (Wildman–Crippen LogP) is 4.56. The normalized spacial score (nSPS) is 18.1. The third-order valence-electron chi connectivity index (χ3n) is 6.88. The van der Waals surface area contributed by atoms with E-state index >= 15 is 0 Å². The summed E-state index contributed by atoms with van der Waals surface area (Å²) in [6.07, 6.45) is 5.81. The highest BCUT2D eigenvalue weighted by Crippen LogP contribution is 2.38. The fraction of sp³-hybridized carbons (Fsp3) is 0.407. The van der Waals surface area contributed by atoms with Gasteiger partial charge in [0.2, 0.25) is 6.79 Å². The van der Waals surface area contributed by atoms with E-state index in [1.165, 1.54) is 11.8 Å². The zero-order valence-electron chi connectivity index (χ0n) is 20.9. The van der Waals surface area contributed by atoms with Gasteiger partial charge in [0.05, 0.1) is 11.4 Å². The standard InChI is InChI=1S/C27H28N4O4S2/c1-3-9-30-24(29-10-5-4-6-11-29)19(17(2)20(14-28)25(30)32)13-23-26(33)31(27(36)37-23)15-18-7-8-21-22(12-18)35-16-34-21/h7-8,12-13H,3-6,9-11,15-16H2,1-2H3/b23-13+. The van der Waals surface area contributed by atoms with E-state index in [-0.39, 0.29) is 23.8 Å². The summed E-state index contributed by atoms with van der Waals surface area (Å²) in [7, 11) is 0. The molecule has 0 aliphatic carbocycles. The van der Waals surface area contributed by atoms with Crippen LogP contribution in [-0.4, -0.2) is 39.6 Å². The molecule has 0 spiro atoms. The summed E-state index contributed by atoms with van der Waals surface area (Å²) < 4.78 is 13.0. The molecule has 1 aromatic heterocycles. The minimum Gasteiger partial charge on any atom is -0.454 e. The van der Waals surface area contributed by atoms with Crippen LogP contribution in [-0.2, 0) is 17.9 Å². The summed E-state index contributed by atoms with van der Waals surface area (Å²) in [5.74, 6) is 1.94. The third kappa shape index (κ3) is 4.74. The van der Waals surface area contributed by atoms with Crippen LogP contribution in [0.5, 0.6) is 11.5 Å². The van der Waals surface area contributed by atoms with Crippen molar-refractivity contribution in [3.05, 3.63) is 55.7 Å². The average Bonchev–Trinajstić information content (AvgIpc) is 3.47. The van der Waals surface area contributed by atoms with Crippen LogP contribution in [0.15, 0.2) is 27.9 Å². The summed E-state index contributed by atoms with van der Waals surface area (Å²) in [6.45, 7) is 6.48. The van der Waals surface area contributed by atoms with E-state index < -0.39 is 0 Å². The number of anilines is 1. The van der Waals surface area contributed by atoms with Crippen LogP contribution in [0.1, 0.15) is 54.9 Å². The highest BCUT2D eigenvalue weighted by molar-refractivity contribution is 8.26. The van der Waals surface area contributed by atoms with Gasteiger partial charge in [-0.2, -0.15) is 5.26 Å². The van der Waals surface area contributed by atoms with Gasteiger partial charge in [-0.3, -0.25) is 19.1 Å². The summed E-state index contributed by atoms with van der Waals surface area (Å²) in [5.41, 5.74) is 2.08. The molecule has 192 valence electrons. The van der Waals surface area contributed by atoms with Gasteiger partial charge in [-0.25, -0.2) is 0 Å². The highest BCUT2D eigenvalue weighted by atomic mass is 32.2. The van der Waals surface area contributed by atoms with E-state index in [0.717, 1.165) is 55.7 Å². The number of nitriles is 1. The number of thiocarbonyl (C=S) groups is 1. The van der Waals surface area contributed by atoms with Crippen LogP contribution < -0.4 is 19.9 Å². The number of carbonyl (C=O) groups is 1. The van der Waals surface area contributed by atoms with E-state index in [0.29, 0.717) is 39.4 Å². The first kappa shape index (κ1) is 25.4. The molecule has 0 unspecified atom stereocenters. The lowest BCUT2D eigenvalue weighted by atomic mass is 10.0. The maximum absolute atomic E-state index is 13.5. The molecule has 0 radical (unpaired) electrons. The molecule has 5 rings (SSSR count). The molecule has 2 aromatic rings. The van der Waals surface area contributed by atoms with Crippen LogP contribution in [0.3, 0.4) is 0 Å². The van der Waals surface area contributed by atoms with Crippen molar-refractivity contribution in [3.63, 3.8) is 0 Å². The number of piperidine rings is 1. The summed E-state index contributed by atoms with van der Waals surface area (Å²) in [5, 5.41) is 9.83. The van der Waals surface area contributed by atoms with Crippen molar-refractivity contribution in [2.24, 2.45) is 0 Å². The quantitative estimate of drug-likeness (QED) is 0.392. The largest absolute Gasteiger partial charge is 0.454 e. The number of aromatic nitrogens is 1. The zero-order chi connectivity index (χ0) is 26.1. The number of ether oxygens (including phenoxy) is 2. The summed E-state index contributed by atoms with van der Waals surface area (Å²) in [4.78, 5) is 31.1. The first-order valence-electron chi connectivity index (χ1n) is 12.5. The number of pyridine rings is 1. The van der Waals surface area contributed by atoms with Gasteiger partial charge in [0.15, 0.2) is 11.5 Å².